The third-order valence-corrected chi connectivity index (χ3v) is 4.67. The van der Waals surface area contributed by atoms with Gasteiger partial charge in [-0.1, -0.05) is 30.4 Å². The number of nitrogens with zero attached hydrogens (tertiary/aromatic N) is 2. The van der Waals surface area contributed by atoms with Crippen LogP contribution in [0.5, 0.6) is 0 Å². The molecule has 0 fully saturated rings. The summed E-state index contributed by atoms with van der Waals surface area (Å²) in [7, 11) is 0. The van der Waals surface area contributed by atoms with Crippen molar-refractivity contribution in [1.29, 1.82) is 0 Å². The summed E-state index contributed by atoms with van der Waals surface area (Å²) >= 11 is 0.986. The Balaban J connectivity index is 2.56. The molecule has 3 nitrogen and oxygen atoms in total. The lowest BCUT2D eigenvalue weighted by Gasteiger charge is -2.09. The van der Waals surface area contributed by atoms with Crippen molar-refractivity contribution < 1.29 is 18.0 Å². The average Bonchev–Trinajstić information content (AvgIpc) is 2.76. The second-order valence-electron chi connectivity index (χ2n) is 5.19. The normalized spacial score (nSPS) is 12.7. The number of thiazole rings is 1. The Morgan fingerprint density at radius 3 is 2.35 bits per heavy atom. The number of alkyl halides is 3. The maximum Gasteiger partial charge on any atom is 0.406 e. The Morgan fingerprint density at radius 1 is 1.26 bits per heavy atom. The fourth-order valence-corrected chi connectivity index (χ4v) is 3.23. The molecule has 0 aliphatic rings. The Hall–Kier alpha value is -1.89. The maximum atomic E-state index is 12.8. The molecule has 0 bridgehead atoms. The number of hydrogen-bond donors (Lipinski definition) is 0. The van der Waals surface area contributed by atoms with Crippen molar-refractivity contribution in [3.05, 3.63) is 45.2 Å². The van der Waals surface area contributed by atoms with E-state index in [0.29, 0.717) is 16.3 Å². The Labute approximate surface area is 136 Å². The lowest BCUT2D eigenvalue weighted by molar-refractivity contribution is -0.141. The topological polar surface area (TPSA) is 34.4 Å². The van der Waals surface area contributed by atoms with Crippen molar-refractivity contribution in [2.24, 2.45) is 4.99 Å². The van der Waals surface area contributed by atoms with Crippen LogP contribution >= 0.6 is 11.3 Å². The molecule has 1 heterocycles. The van der Waals surface area contributed by atoms with Gasteiger partial charge in [-0.3, -0.25) is 4.79 Å². The van der Waals surface area contributed by atoms with E-state index >= 15 is 0 Å². The minimum atomic E-state index is -4.37. The quantitative estimate of drug-likeness (QED) is 0.758. The van der Waals surface area contributed by atoms with Crippen molar-refractivity contribution in [2.75, 3.05) is 0 Å². The first-order valence-corrected chi connectivity index (χ1v) is 7.94. The van der Waals surface area contributed by atoms with E-state index < -0.39 is 12.7 Å². The summed E-state index contributed by atoms with van der Waals surface area (Å²) in [6.45, 7) is 3.72. The third-order valence-electron chi connectivity index (χ3n) is 3.38. The van der Waals surface area contributed by atoms with Crippen LogP contribution in [0.4, 0.5) is 18.9 Å². The van der Waals surface area contributed by atoms with Crippen LogP contribution in [0.3, 0.4) is 0 Å². The van der Waals surface area contributed by atoms with Gasteiger partial charge in [-0.25, -0.2) is 4.99 Å². The highest BCUT2D eigenvalue weighted by Gasteiger charge is 2.30. The van der Waals surface area contributed by atoms with E-state index in [0.717, 1.165) is 27.9 Å². The van der Waals surface area contributed by atoms with Gasteiger partial charge < -0.3 is 4.57 Å². The second kappa shape index (κ2) is 6.70. The zero-order valence-corrected chi connectivity index (χ0v) is 13.9. The smallest absolute Gasteiger partial charge is 0.311 e. The average molecular weight is 342 g/mol. The summed E-state index contributed by atoms with van der Waals surface area (Å²) in [5.41, 5.74) is 1.98. The van der Waals surface area contributed by atoms with Gasteiger partial charge in [0.2, 0.25) is 0 Å². The highest BCUT2D eigenvalue weighted by molar-refractivity contribution is 7.11. The first-order chi connectivity index (χ1) is 10.7. The van der Waals surface area contributed by atoms with Crippen molar-refractivity contribution in [3.8, 4) is 0 Å². The number of aryl methyl sites for hydroxylation is 1. The molecule has 0 radical (unpaired) electrons. The van der Waals surface area contributed by atoms with E-state index in [9.17, 15) is 18.0 Å². The van der Waals surface area contributed by atoms with Gasteiger partial charge in [-0.05, 0) is 31.0 Å². The molecular weight excluding hydrogens is 325 g/mol. The Morgan fingerprint density at radius 2 is 1.87 bits per heavy atom. The molecule has 0 saturated heterocycles. The first kappa shape index (κ1) is 17.5. The van der Waals surface area contributed by atoms with Crippen LogP contribution in [0.2, 0.25) is 0 Å². The fraction of sp³-hybridized carbons (Fsp3) is 0.375. The first-order valence-electron chi connectivity index (χ1n) is 7.13. The molecule has 2 rings (SSSR count). The van der Waals surface area contributed by atoms with E-state index in [1.807, 2.05) is 19.1 Å². The van der Waals surface area contributed by atoms with Crippen LogP contribution in [-0.2, 0) is 13.0 Å². The minimum Gasteiger partial charge on any atom is -0.311 e. The van der Waals surface area contributed by atoms with Gasteiger partial charge in [0.05, 0.1) is 10.6 Å². The third kappa shape index (κ3) is 4.31. The minimum absolute atomic E-state index is 0.175. The van der Waals surface area contributed by atoms with Gasteiger partial charge in [0.1, 0.15) is 6.54 Å². The number of halogens is 3. The summed E-state index contributed by atoms with van der Waals surface area (Å²) in [5.74, 6) is -0.258. The number of Topliss-reactive ketones (excluding diaryl/α,β-unsaturated/α-hetero) is 1. The van der Waals surface area contributed by atoms with E-state index in [1.54, 1.807) is 12.1 Å². The van der Waals surface area contributed by atoms with Crippen LogP contribution in [0.25, 0.3) is 0 Å². The highest BCUT2D eigenvalue weighted by atomic mass is 32.1. The zero-order valence-electron chi connectivity index (χ0n) is 13.1. The molecule has 0 atom stereocenters. The molecule has 1 aromatic carbocycles. The van der Waals surface area contributed by atoms with Crippen LogP contribution in [-0.4, -0.2) is 16.5 Å². The summed E-state index contributed by atoms with van der Waals surface area (Å²) in [6.07, 6.45) is -3.50. The van der Waals surface area contributed by atoms with Crippen LogP contribution in [0, 0.1) is 6.92 Å². The summed E-state index contributed by atoms with van der Waals surface area (Å²) in [4.78, 5) is 16.4. The molecule has 0 N–H and O–H groups in total. The zero-order chi connectivity index (χ0) is 17.2. The monoisotopic (exact) mass is 342 g/mol. The summed E-state index contributed by atoms with van der Waals surface area (Å²) < 4.78 is 39.5. The van der Waals surface area contributed by atoms with Crippen LogP contribution < -0.4 is 4.80 Å². The summed E-state index contributed by atoms with van der Waals surface area (Å²) in [5, 5.41) is 0. The number of hydrogen-bond acceptors (Lipinski definition) is 3. The molecule has 0 spiro atoms. The standard InChI is InChI=1S/C16H17F3N2OS/c1-4-12-5-7-13(8-6-12)20-15-21(9-16(17,18)19)10(2)14(23-15)11(3)22/h5-8H,4,9H2,1-3H3/b20-15-. The van der Waals surface area contributed by atoms with Crippen molar-refractivity contribution in [1.82, 2.24) is 4.57 Å². The number of aromatic nitrogens is 1. The predicted octanol–water partition coefficient (Wildman–Crippen LogP) is 4.42. The maximum absolute atomic E-state index is 12.8. The van der Waals surface area contributed by atoms with Gasteiger partial charge in [-0.2, -0.15) is 13.2 Å². The van der Waals surface area contributed by atoms with E-state index in [-0.39, 0.29) is 10.6 Å². The van der Waals surface area contributed by atoms with Gasteiger partial charge in [0.25, 0.3) is 0 Å². The number of carbonyl (C=O) groups is 1. The molecular formula is C16H17F3N2OS. The second-order valence-corrected chi connectivity index (χ2v) is 6.17. The molecule has 0 amide bonds. The molecule has 0 aliphatic heterocycles. The molecule has 2 aromatic rings. The van der Waals surface area contributed by atoms with Crippen LogP contribution in [0.15, 0.2) is 29.3 Å². The largest absolute Gasteiger partial charge is 0.406 e. The molecule has 1 aromatic heterocycles. The Kier molecular flexibility index (Phi) is 5.09. The van der Waals surface area contributed by atoms with Gasteiger partial charge in [0, 0.05) is 12.6 Å². The lowest BCUT2D eigenvalue weighted by atomic mass is 10.2. The van der Waals surface area contributed by atoms with Gasteiger partial charge >= 0.3 is 6.18 Å². The lowest BCUT2D eigenvalue weighted by Crippen LogP contribution is -2.26. The van der Waals surface area contributed by atoms with Crippen molar-refractivity contribution in [3.63, 3.8) is 0 Å². The number of rotatable bonds is 4. The predicted molar refractivity (Wildman–Crippen MR) is 84.1 cm³/mol. The van der Waals surface area contributed by atoms with Crippen molar-refractivity contribution in [2.45, 2.75) is 39.9 Å². The van der Waals surface area contributed by atoms with Gasteiger partial charge in [0.15, 0.2) is 10.6 Å². The molecule has 0 saturated carbocycles. The van der Waals surface area contributed by atoms with E-state index in [4.69, 9.17) is 0 Å². The fourth-order valence-electron chi connectivity index (χ4n) is 2.18. The molecule has 7 heteroatoms. The number of carbonyl (C=O) groups excluding carboxylic acids is 1. The van der Waals surface area contributed by atoms with Gasteiger partial charge in [-0.15, -0.1) is 0 Å². The molecule has 0 aliphatic carbocycles. The molecule has 0 unspecified atom stereocenters. The number of benzene rings is 1. The van der Waals surface area contributed by atoms with E-state index in [1.165, 1.54) is 13.8 Å². The van der Waals surface area contributed by atoms with Crippen molar-refractivity contribution >= 4 is 22.8 Å². The van der Waals surface area contributed by atoms with Crippen LogP contribution in [0.1, 0.15) is 34.8 Å². The SMILES string of the molecule is CCc1ccc(/N=c2\sc(C(C)=O)c(C)n2CC(F)(F)F)cc1. The van der Waals surface area contributed by atoms with E-state index in [2.05, 4.69) is 4.99 Å². The Bertz CT molecular complexity index is 770. The molecule has 124 valence electrons. The molecule has 23 heavy (non-hydrogen) atoms. The highest BCUT2D eigenvalue weighted by Crippen LogP contribution is 2.22. The summed E-state index contributed by atoms with van der Waals surface area (Å²) in [6, 6.07) is 7.30. The number of ketones is 1.